The number of carbonyl (C=O) groups excluding carboxylic acids is 1. The fraction of sp³-hybridized carbons (Fsp3) is 0.222. The Morgan fingerprint density at radius 1 is 1.13 bits per heavy atom. The number of halogens is 2. The lowest BCUT2D eigenvalue weighted by Gasteiger charge is -2.00. The molecule has 1 aliphatic carbocycles. The Labute approximate surface area is 145 Å². The minimum Gasteiger partial charge on any atom is -0.267 e. The van der Waals surface area contributed by atoms with Crippen molar-refractivity contribution in [1.82, 2.24) is 5.43 Å². The number of rotatable bonds is 4. The van der Waals surface area contributed by atoms with Gasteiger partial charge in [0.05, 0.1) is 0 Å². The van der Waals surface area contributed by atoms with Crippen LogP contribution in [0.5, 0.6) is 0 Å². The van der Waals surface area contributed by atoms with Crippen molar-refractivity contribution >= 4 is 35.3 Å². The zero-order chi connectivity index (χ0) is 16.4. The van der Waals surface area contributed by atoms with Gasteiger partial charge in [-0.1, -0.05) is 48.0 Å². The molecule has 0 aromatic heterocycles. The van der Waals surface area contributed by atoms with Gasteiger partial charge in [0.2, 0.25) is 0 Å². The quantitative estimate of drug-likeness (QED) is 0.500. The third-order valence-corrected chi connectivity index (χ3v) is 4.96. The van der Waals surface area contributed by atoms with E-state index in [0.29, 0.717) is 5.56 Å². The monoisotopic (exact) mass is 346 g/mol. The largest absolute Gasteiger partial charge is 0.271 e. The molecule has 5 heteroatoms. The van der Waals surface area contributed by atoms with Gasteiger partial charge in [-0.05, 0) is 24.6 Å². The van der Waals surface area contributed by atoms with Crippen LogP contribution in [0.4, 0.5) is 0 Å². The summed E-state index contributed by atoms with van der Waals surface area (Å²) in [7, 11) is 0. The molecule has 23 heavy (non-hydrogen) atoms. The maximum Gasteiger partial charge on any atom is 0.271 e. The second-order valence-electron chi connectivity index (χ2n) is 5.67. The fourth-order valence-electron chi connectivity index (χ4n) is 2.57. The number of hydrazone groups is 1. The van der Waals surface area contributed by atoms with E-state index < -0.39 is 4.33 Å². The maximum absolute atomic E-state index is 12.0. The van der Waals surface area contributed by atoms with Gasteiger partial charge in [-0.2, -0.15) is 5.10 Å². The third kappa shape index (κ3) is 3.41. The van der Waals surface area contributed by atoms with E-state index in [0.717, 1.165) is 11.1 Å². The number of carbonyl (C=O) groups is 1. The van der Waals surface area contributed by atoms with Gasteiger partial charge in [0.1, 0.15) is 4.33 Å². The van der Waals surface area contributed by atoms with Crippen LogP contribution in [0.3, 0.4) is 0 Å². The van der Waals surface area contributed by atoms with Crippen LogP contribution >= 0.6 is 23.2 Å². The average molecular weight is 347 g/mol. The Balaban J connectivity index is 1.62. The van der Waals surface area contributed by atoms with Crippen molar-refractivity contribution in [2.75, 3.05) is 0 Å². The van der Waals surface area contributed by atoms with Crippen molar-refractivity contribution < 1.29 is 4.79 Å². The molecule has 3 rings (SSSR count). The van der Waals surface area contributed by atoms with Gasteiger partial charge in [0.25, 0.3) is 5.91 Å². The fourth-order valence-corrected chi connectivity index (χ4v) is 3.33. The van der Waals surface area contributed by atoms with Crippen LogP contribution in [0.25, 0.3) is 0 Å². The Morgan fingerprint density at radius 3 is 2.43 bits per heavy atom. The van der Waals surface area contributed by atoms with E-state index in [-0.39, 0.29) is 17.7 Å². The topological polar surface area (TPSA) is 41.5 Å². The molecule has 1 amide bonds. The third-order valence-electron chi connectivity index (χ3n) is 3.98. The van der Waals surface area contributed by atoms with E-state index in [1.54, 1.807) is 18.3 Å². The highest BCUT2D eigenvalue weighted by Crippen LogP contribution is 2.63. The summed E-state index contributed by atoms with van der Waals surface area (Å²) >= 11 is 12.6. The first-order valence-electron chi connectivity index (χ1n) is 7.33. The van der Waals surface area contributed by atoms with Crippen LogP contribution in [0.2, 0.25) is 0 Å². The summed E-state index contributed by atoms with van der Waals surface area (Å²) in [6.07, 6.45) is 1.61. The minimum atomic E-state index is -0.876. The molecule has 0 spiro atoms. The first kappa shape index (κ1) is 16.0. The molecule has 2 atom stereocenters. The molecule has 1 fully saturated rings. The first-order valence-corrected chi connectivity index (χ1v) is 8.08. The zero-order valence-corrected chi connectivity index (χ0v) is 14.1. The van der Waals surface area contributed by atoms with Gasteiger partial charge >= 0.3 is 0 Å². The first-order chi connectivity index (χ1) is 11.0. The number of hydrogen-bond donors (Lipinski definition) is 1. The lowest BCUT2D eigenvalue weighted by atomic mass is 10.1. The number of amides is 1. The SMILES string of the molecule is Cc1ccc(C(=O)N/N=C\[C@@H]2[C@H](c3ccccc3)C2(Cl)Cl)cc1. The Hall–Kier alpha value is -1.84. The van der Waals surface area contributed by atoms with Crippen LogP contribution in [0, 0.1) is 12.8 Å². The number of benzene rings is 2. The summed E-state index contributed by atoms with van der Waals surface area (Å²) in [6, 6.07) is 17.1. The lowest BCUT2D eigenvalue weighted by Crippen LogP contribution is -2.17. The molecular weight excluding hydrogens is 331 g/mol. The molecule has 118 valence electrons. The van der Waals surface area contributed by atoms with Crippen molar-refractivity contribution in [3.8, 4) is 0 Å². The minimum absolute atomic E-state index is 0.00735. The van der Waals surface area contributed by atoms with E-state index in [1.807, 2.05) is 49.4 Å². The van der Waals surface area contributed by atoms with Crippen molar-refractivity contribution in [2.45, 2.75) is 17.2 Å². The van der Waals surface area contributed by atoms with Gasteiger partial charge in [-0.25, -0.2) is 5.43 Å². The molecule has 3 nitrogen and oxygen atoms in total. The van der Waals surface area contributed by atoms with E-state index in [4.69, 9.17) is 23.2 Å². The number of nitrogens with zero attached hydrogens (tertiary/aromatic N) is 1. The van der Waals surface area contributed by atoms with Crippen LogP contribution in [0.1, 0.15) is 27.4 Å². The van der Waals surface area contributed by atoms with Crippen molar-refractivity contribution in [3.05, 3.63) is 71.3 Å². The number of hydrogen-bond acceptors (Lipinski definition) is 2. The van der Waals surface area contributed by atoms with E-state index in [9.17, 15) is 4.79 Å². The molecule has 1 aliphatic rings. The van der Waals surface area contributed by atoms with Crippen LogP contribution < -0.4 is 5.43 Å². The molecule has 1 N–H and O–H groups in total. The Kier molecular flexibility index (Phi) is 4.42. The maximum atomic E-state index is 12.0. The summed E-state index contributed by atoms with van der Waals surface area (Å²) < 4.78 is -0.876. The summed E-state index contributed by atoms with van der Waals surface area (Å²) in [6.45, 7) is 1.97. The average Bonchev–Trinajstić information content (AvgIpc) is 3.09. The van der Waals surface area contributed by atoms with E-state index in [1.165, 1.54) is 0 Å². The zero-order valence-electron chi connectivity index (χ0n) is 12.5. The standard InChI is InChI=1S/C18H16Cl2N2O/c1-12-7-9-14(10-8-12)17(23)22-21-11-15-16(18(15,19)20)13-5-3-2-4-6-13/h2-11,15-16H,1H3,(H,22,23)/b21-11-/t15-,16+/m1/s1. The van der Waals surface area contributed by atoms with Gasteiger partial charge in [-0.15, -0.1) is 23.2 Å². The van der Waals surface area contributed by atoms with Gasteiger partial charge in [-0.3, -0.25) is 4.79 Å². The molecule has 0 aliphatic heterocycles. The number of aryl methyl sites for hydroxylation is 1. The normalized spacial score (nSPS) is 22.0. The highest BCUT2D eigenvalue weighted by atomic mass is 35.5. The van der Waals surface area contributed by atoms with Crippen molar-refractivity contribution in [3.63, 3.8) is 0 Å². The van der Waals surface area contributed by atoms with Gasteiger partial charge in [0, 0.05) is 23.6 Å². The summed E-state index contributed by atoms with van der Waals surface area (Å²) in [5.41, 5.74) is 5.24. The molecule has 0 heterocycles. The number of alkyl halides is 2. The molecule has 0 unspecified atom stereocenters. The molecular formula is C18H16Cl2N2O. The molecule has 0 bridgehead atoms. The second-order valence-corrected chi connectivity index (χ2v) is 7.12. The number of nitrogens with one attached hydrogen (secondary N) is 1. The van der Waals surface area contributed by atoms with Crippen molar-refractivity contribution in [1.29, 1.82) is 0 Å². The highest BCUT2D eigenvalue weighted by Gasteiger charge is 2.63. The van der Waals surface area contributed by atoms with Gasteiger partial charge in [0.15, 0.2) is 0 Å². The lowest BCUT2D eigenvalue weighted by molar-refractivity contribution is 0.0955. The predicted octanol–water partition coefficient (Wildman–Crippen LogP) is 4.30. The molecule has 0 saturated heterocycles. The smallest absolute Gasteiger partial charge is 0.267 e. The Morgan fingerprint density at radius 2 is 1.78 bits per heavy atom. The van der Waals surface area contributed by atoms with Gasteiger partial charge < -0.3 is 0 Å². The summed E-state index contributed by atoms with van der Waals surface area (Å²) in [5, 5.41) is 4.01. The predicted molar refractivity (Wildman–Crippen MR) is 94.2 cm³/mol. The van der Waals surface area contributed by atoms with E-state index in [2.05, 4.69) is 10.5 Å². The summed E-state index contributed by atoms with van der Waals surface area (Å²) in [4.78, 5) is 12.0. The van der Waals surface area contributed by atoms with Crippen LogP contribution in [-0.2, 0) is 0 Å². The van der Waals surface area contributed by atoms with Crippen LogP contribution in [-0.4, -0.2) is 16.5 Å². The molecule has 2 aromatic carbocycles. The molecule has 2 aromatic rings. The molecule has 0 radical (unpaired) electrons. The molecule has 1 saturated carbocycles. The van der Waals surface area contributed by atoms with Crippen molar-refractivity contribution in [2.24, 2.45) is 11.0 Å². The summed E-state index contributed by atoms with van der Waals surface area (Å²) in [5.74, 6) is -0.383. The second kappa shape index (κ2) is 6.34. The van der Waals surface area contributed by atoms with E-state index >= 15 is 0 Å². The Bertz CT molecular complexity index is 726. The van der Waals surface area contributed by atoms with Crippen LogP contribution in [0.15, 0.2) is 59.7 Å². The highest BCUT2D eigenvalue weighted by molar-refractivity contribution is 6.53.